The molecule has 0 radical (unpaired) electrons. The summed E-state index contributed by atoms with van der Waals surface area (Å²) >= 11 is 3.39. The van der Waals surface area contributed by atoms with Crippen LogP contribution in [0.5, 0.6) is 0 Å². The lowest BCUT2D eigenvalue weighted by molar-refractivity contribution is 0.568. The van der Waals surface area contributed by atoms with Crippen LogP contribution in [0.25, 0.3) is 0 Å². The Kier molecular flexibility index (Phi) is 4.69. The van der Waals surface area contributed by atoms with Gasteiger partial charge in [-0.05, 0) is 30.2 Å². The fraction of sp³-hybridized carbons (Fsp3) is 0.176. The summed E-state index contributed by atoms with van der Waals surface area (Å²) in [5, 5.41) is 0. The van der Waals surface area contributed by atoms with Gasteiger partial charge in [-0.2, -0.15) is 0 Å². The van der Waals surface area contributed by atoms with Crippen LogP contribution < -0.4 is 0 Å². The summed E-state index contributed by atoms with van der Waals surface area (Å²) in [6.45, 7) is 5.45. The van der Waals surface area contributed by atoms with Crippen LogP contribution in [0.2, 0.25) is 0 Å². The van der Waals surface area contributed by atoms with Gasteiger partial charge in [0, 0.05) is 4.47 Å². The maximum atomic E-state index is 12.9. The van der Waals surface area contributed by atoms with Crippen LogP contribution in [0.15, 0.2) is 71.7 Å². The average molecular weight is 365 g/mol. The molecule has 0 aliphatic rings. The number of rotatable bonds is 5. The van der Waals surface area contributed by atoms with Crippen molar-refractivity contribution in [3.8, 4) is 0 Å². The molecule has 21 heavy (non-hydrogen) atoms. The molecular formula is C17H17BrO2S. The lowest BCUT2D eigenvalue weighted by atomic mass is 10.0. The Bertz CT molecular complexity index is 738. The van der Waals surface area contributed by atoms with Crippen molar-refractivity contribution < 1.29 is 8.42 Å². The molecule has 1 atom stereocenters. The summed E-state index contributed by atoms with van der Waals surface area (Å²) in [7, 11) is -3.43. The van der Waals surface area contributed by atoms with Crippen molar-refractivity contribution in [2.75, 3.05) is 0 Å². The Balaban J connectivity index is 2.46. The van der Waals surface area contributed by atoms with E-state index in [4.69, 9.17) is 0 Å². The zero-order chi connectivity index (χ0) is 15.5. The van der Waals surface area contributed by atoms with E-state index in [-0.39, 0.29) is 5.75 Å². The van der Waals surface area contributed by atoms with E-state index < -0.39 is 14.6 Å². The minimum atomic E-state index is -3.43. The molecule has 0 saturated heterocycles. The third-order valence-electron chi connectivity index (χ3n) is 3.63. The monoisotopic (exact) mass is 364 g/mol. The molecule has 2 rings (SSSR count). The summed E-state index contributed by atoms with van der Waals surface area (Å²) in [4.78, 5) is 0. The van der Waals surface area contributed by atoms with Crippen LogP contribution in [0.3, 0.4) is 0 Å². The minimum Gasteiger partial charge on any atom is -0.227 e. The van der Waals surface area contributed by atoms with Gasteiger partial charge in [0.2, 0.25) is 0 Å². The fourth-order valence-corrected chi connectivity index (χ4v) is 4.24. The molecule has 2 aromatic carbocycles. The standard InChI is InChI=1S/C17H17BrO2S/c1-3-17(2,15-10-7-11-16(18)12-15)21(19,20)13-14-8-5-4-6-9-14/h3-12H,1,13H2,2H3/t17-/m0/s1. The lowest BCUT2D eigenvalue weighted by Gasteiger charge is -2.26. The van der Waals surface area contributed by atoms with Gasteiger partial charge in [0.1, 0.15) is 4.75 Å². The Morgan fingerprint density at radius 3 is 2.38 bits per heavy atom. The van der Waals surface area contributed by atoms with Crippen molar-refractivity contribution in [1.29, 1.82) is 0 Å². The van der Waals surface area contributed by atoms with Gasteiger partial charge in [0.05, 0.1) is 5.75 Å². The van der Waals surface area contributed by atoms with E-state index in [0.717, 1.165) is 10.0 Å². The first-order valence-corrected chi connectivity index (χ1v) is 8.99. The molecule has 0 unspecified atom stereocenters. The number of halogens is 1. The quantitative estimate of drug-likeness (QED) is 0.733. The fourth-order valence-electron chi connectivity index (χ4n) is 2.17. The van der Waals surface area contributed by atoms with Crippen molar-refractivity contribution in [3.63, 3.8) is 0 Å². The van der Waals surface area contributed by atoms with Gasteiger partial charge >= 0.3 is 0 Å². The molecule has 2 aromatic rings. The molecule has 0 fully saturated rings. The average Bonchev–Trinajstić information content (AvgIpc) is 2.46. The lowest BCUT2D eigenvalue weighted by Crippen LogP contribution is -2.31. The molecule has 110 valence electrons. The molecule has 0 aliphatic carbocycles. The van der Waals surface area contributed by atoms with Crippen molar-refractivity contribution in [1.82, 2.24) is 0 Å². The SMILES string of the molecule is C=C[C@@](C)(c1cccc(Br)c1)S(=O)(=O)Cc1ccccc1. The van der Waals surface area contributed by atoms with Gasteiger partial charge in [-0.3, -0.25) is 0 Å². The van der Waals surface area contributed by atoms with Crippen LogP contribution in [-0.2, 0) is 20.3 Å². The Morgan fingerprint density at radius 2 is 1.81 bits per heavy atom. The van der Waals surface area contributed by atoms with Crippen LogP contribution >= 0.6 is 15.9 Å². The summed E-state index contributed by atoms with van der Waals surface area (Å²) in [6, 6.07) is 16.5. The molecule has 0 aliphatic heterocycles. The smallest absolute Gasteiger partial charge is 0.167 e. The molecule has 0 spiro atoms. The summed E-state index contributed by atoms with van der Waals surface area (Å²) in [5.41, 5.74) is 1.49. The first-order chi connectivity index (χ1) is 9.89. The second-order valence-electron chi connectivity index (χ2n) is 5.07. The van der Waals surface area contributed by atoms with E-state index in [2.05, 4.69) is 22.5 Å². The predicted octanol–water partition coefficient (Wildman–Crippen LogP) is 4.47. The maximum Gasteiger partial charge on any atom is 0.167 e. The highest BCUT2D eigenvalue weighted by Gasteiger charge is 2.38. The van der Waals surface area contributed by atoms with E-state index >= 15 is 0 Å². The number of benzene rings is 2. The van der Waals surface area contributed by atoms with Crippen LogP contribution in [-0.4, -0.2) is 8.42 Å². The normalized spacial score (nSPS) is 14.4. The Morgan fingerprint density at radius 1 is 1.14 bits per heavy atom. The highest BCUT2D eigenvalue weighted by Crippen LogP contribution is 2.35. The van der Waals surface area contributed by atoms with E-state index in [1.54, 1.807) is 6.92 Å². The third-order valence-corrected chi connectivity index (χ3v) is 6.53. The molecule has 0 heterocycles. The largest absolute Gasteiger partial charge is 0.227 e. The van der Waals surface area contributed by atoms with E-state index in [1.807, 2.05) is 54.6 Å². The number of hydrogen-bond donors (Lipinski definition) is 0. The summed E-state index contributed by atoms with van der Waals surface area (Å²) in [6.07, 6.45) is 1.51. The van der Waals surface area contributed by atoms with Gasteiger partial charge in [0.15, 0.2) is 9.84 Å². The van der Waals surface area contributed by atoms with Gasteiger partial charge < -0.3 is 0 Å². The zero-order valence-electron chi connectivity index (χ0n) is 11.8. The van der Waals surface area contributed by atoms with Crippen LogP contribution in [0, 0.1) is 0 Å². The molecule has 0 amide bonds. The zero-order valence-corrected chi connectivity index (χ0v) is 14.2. The van der Waals surface area contributed by atoms with E-state index in [1.165, 1.54) is 6.08 Å². The number of sulfone groups is 1. The van der Waals surface area contributed by atoms with Gasteiger partial charge in [-0.1, -0.05) is 64.5 Å². The molecule has 0 N–H and O–H groups in total. The molecular weight excluding hydrogens is 348 g/mol. The molecule has 4 heteroatoms. The second-order valence-corrected chi connectivity index (χ2v) is 8.35. The van der Waals surface area contributed by atoms with Gasteiger partial charge in [-0.25, -0.2) is 8.42 Å². The summed E-state index contributed by atoms with van der Waals surface area (Å²) < 4.78 is 25.5. The third kappa shape index (κ3) is 3.27. The van der Waals surface area contributed by atoms with Crippen molar-refractivity contribution in [3.05, 3.63) is 82.9 Å². The molecule has 0 saturated carbocycles. The first kappa shape index (κ1) is 16.0. The molecule has 0 aromatic heterocycles. The van der Waals surface area contributed by atoms with Gasteiger partial charge in [-0.15, -0.1) is 6.58 Å². The maximum absolute atomic E-state index is 12.9. The minimum absolute atomic E-state index is 0.0110. The van der Waals surface area contributed by atoms with E-state index in [9.17, 15) is 8.42 Å². The van der Waals surface area contributed by atoms with Crippen molar-refractivity contribution in [2.24, 2.45) is 0 Å². The Hall–Kier alpha value is -1.39. The van der Waals surface area contributed by atoms with Gasteiger partial charge in [0.25, 0.3) is 0 Å². The highest BCUT2D eigenvalue weighted by molar-refractivity contribution is 9.10. The van der Waals surface area contributed by atoms with E-state index in [0.29, 0.717) is 5.56 Å². The van der Waals surface area contributed by atoms with Crippen LogP contribution in [0.4, 0.5) is 0 Å². The first-order valence-electron chi connectivity index (χ1n) is 6.55. The van der Waals surface area contributed by atoms with Crippen molar-refractivity contribution in [2.45, 2.75) is 17.4 Å². The summed E-state index contributed by atoms with van der Waals surface area (Å²) in [5.74, 6) is -0.0110. The highest BCUT2D eigenvalue weighted by atomic mass is 79.9. The Labute approximate surface area is 134 Å². The topological polar surface area (TPSA) is 34.1 Å². The van der Waals surface area contributed by atoms with Crippen LogP contribution in [0.1, 0.15) is 18.1 Å². The molecule has 0 bridgehead atoms. The molecule has 2 nitrogen and oxygen atoms in total. The second kappa shape index (κ2) is 6.16. The van der Waals surface area contributed by atoms with Crippen molar-refractivity contribution >= 4 is 25.8 Å². The predicted molar refractivity (Wildman–Crippen MR) is 90.8 cm³/mol. The number of hydrogen-bond acceptors (Lipinski definition) is 2.